The van der Waals surface area contributed by atoms with Crippen LogP contribution < -0.4 is 15.9 Å². The van der Waals surface area contributed by atoms with Crippen LogP contribution in [0.2, 0.25) is 0 Å². The van der Waals surface area contributed by atoms with Gasteiger partial charge in [-0.2, -0.15) is 0 Å². The lowest BCUT2D eigenvalue weighted by molar-refractivity contribution is -0.116. The van der Waals surface area contributed by atoms with E-state index < -0.39 is 7.29 Å². The highest BCUT2D eigenvalue weighted by atomic mass is 31.2. The fourth-order valence-electron chi connectivity index (χ4n) is 4.70. The van der Waals surface area contributed by atoms with E-state index in [0.29, 0.717) is 12.5 Å². The highest BCUT2D eigenvalue weighted by molar-refractivity contribution is 7.76. The van der Waals surface area contributed by atoms with Gasteiger partial charge in [0.1, 0.15) is 0 Å². The van der Waals surface area contributed by atoms with E-state index in [9.17, 15) is 9.36 Å². The average molecular weight is 488 g/mol. The van der Waals surface area contributed by atoms with Crippen molar-refractivity contribution in [3.8, 4) is 0 Å². The normalized spacial score (nSPS) is 15.3. The zero-order valence-corrected chi connectivity index (χ0v) is 21.0. The van der Waals surface area contributed by atoms with Gasteiger partial charge in [-0.1, -0.05) is 55.3 Å². The third-order valence-corrected chi connectivity index (χ3v) is 9.84. The van der Waals surface area contributed by atoms with Gasteiger partial charge in [-0.15, -0.1) is 0 Å². The maximum atomic E-state index is 14.5. The first-order valence-electron chi connectivity index (χ1n) is 12.5. The van der Waals surface area contributed by atoms with E-state index in [1.54, 1.807) is 24.5 Å². The first kappa shape index (κ1) is 25.1. The van der Waals surface area contributed by atoms with Gasteiger partial charge in [0.25, 0.3) is 0 Å². The Morgan fingerprint density at radius 3 is 2.20 bits per heavy atom. The molecule has 6 heteroatoms. The lowest BCUT2D eigenvalue weighted by atomic mass is 9.92. The number of hydrogen-bond acceptors (Lipinski definition) is 3. The molecule has 0 radical (unpaired) electrons. The molecule has 0 spiro atoms. The molecule has 1 fully saturated rings. The molecule has 182 valence electrons. The number of amides is 1. The van der Waals surface area contributed by atoms with E-state index in [1.807, 2.05) is 72.8 Å². The molecule has 0 unspecified atom stereocenters. The maximum Gasteiger partial charge on any atom is 0.243 e. The highest BCUT2D eigenvalue weighted by Gasteiger charge is 2.36. The topological polar surface area (TPSA) is 62.3 Å². The molecule has 1 aromatic heterocycles. The third-order valence-electron chi connectivity index (χ3n) is 6.65. The number of piperidine rings is 1. The summed E-state index contributed by atoms with van der Waals surface area (Å²) < 4.78 is 16.7. The minimum Gasteiger partial charge on any atom is -0.353 e. The van der Waals surface area contributed by atoms with Crippen molar-refractivity contribution in [1.29, 1.82) is 0 Å². The molecular weight excluding hydrogens is 453 g/mol. The van der Waals surface area contributed by atoms with E-state index in [2.05, 4.69) is 15.0 Å². The second-order valence-corrected chi connectivity index (χ2v) is 11.8. The monoisotopic (exact) mass is 487 g/mol. The van der Waals surface area contributed by atoms with Gasteiger partial charge in [0.05, 0.1) is 0 Å². The summed E-state index contributed by atoms with van der Waals surface area (Å²) in [6.45, 7) is 2.38. The molecule has 1 saturated heterocycles. The lowest BCUT2D eigenvalue weighted by Crippen LogP contribution is -2.38. The number of nitrogens with one attached hydrogen (secondary N) is 1. The number of aromatic nitrogens is 1. The summed E-state index contributed by atoms with van der Waals surface area (Å²) in [5, 5.41) is 4.79. The Morgan fingerprint density at radius 2 is 1.60 bits per heavy atom. The van der Waals surface area contributed by atoms with Crippen molar-refractivity contribution in [3.63, 3.8) is 0 Å². The van der Waals surface area contributed by atoms with Gasteiger partial charge in [0.2, 0.25) is 13.2 Å². The number of unbranched alkanes of at least 4 members (excludes halogenated alkanes) is 1. The first-order chi connectivity index (χ1) is 17.2. The van der Waals surface area contributed by atoms with Crippen LogP contribution in [-0.2, 0) is 9.36 Å². The van der Waals surface area contributed by atoms with Crippen molar-refractivity contribution in [2.24, 2.45) is 5.92 Å². The van der Waals surface area contributed by atoms with E-state index in [-0.39, 0.29) is 5.91 Å². The summed E-state index contributed by atoms with van der Waals surface area (Å²) in [5.74, 6) is 0.576. The Bertz CT molecular complexity index is 1080. The van der Waals surface area contributed by atoms with Crippen LogP contribution in [0.25, 0.3) is 6.08 Å². The molecule has 0 aliphatic carbocycles. The molecule has 1 N–H and O–H groups in total. The average Bonchev–Trinajstić information content (AvgIpc) is 2.93. The third kappa shape index (κ3) is 6.78. The SMILES string of the molecule is O=C(C=Cc1cccnc1)NCCCCC1CCN(P(=O)(c2ccccc2)c2ccccc2)CC1. The smallest absolute Gasteiger partial charge is 0.243 e. The summed E-state index contributed by atoms with van der Waals surface area (Å²) in [6, 6.07) is 23.6. The molecular formula is C29H34N3O2P. The quantitative estimate of drug-likeness (QED) is 0.248. The van der Waals surface area contributed by atoms with Crippen molar-refractivity contribution in [3.05, 3.63) is 96.8 Å². The van der Waals surface area contributed by atoms with Crippen LogP contribution in [0.15, 0.2) is 91.3 Å². The van der Waals surface area contributed by atoms with Gasteiger partial charge in [0.15, 0.2) is 0 Å². The van der Waals surface area contributed by atoms with Gasteiger partial charge in [-0.3, -0.25) is 14.3 Å². The predicted molar refractivity (Wildman–Crippen MR) is 144 cm³/mol. The Hall–Kier alpha value is -3.01. The minimum atomic E-state index is -2.83. The second kappa shape index (κ2) is 12.6. The van der Waals surface area contributed by atoms with Crippen molar-refractivity contribution in [2.75, 3.05) is 19.6 Å². The molecule has 5 nitrogen and oxygen atoms in total. The molecule has 1 amide bonds. The van der Waals surface area contributed by atoms with Crippen molar-refractivity contribution < 1.29 is 9.36 Å². The van der Waals surface area contributed by atoms with Crippen LogP contribution in [0.5, 0.6) is 0 Å². The Balaban J connectivity index is 1.22. The zero-order chi connectivity index (χ0) is 24.3. The standard InChI is InChI=1S/C29H34N3O2P/c33-29(17-16-26-11-9-20-30-24-26)31-21-8-7-10-25-18-22-32(23-19-25)35(34,27-12-3-1-4-13-27)28-14-5-2-6-15-28/h1-6,9,11-17,20,24-25H,7-8,10,18-19,21-23H2,(H,31,33). The van der Waals surface area contributed by atoms with Crippen LogP contribution in [0, 0.1) is 5.92 Å². The number of hydrogen-bond donors (Lipinski definition) is 1. The Kier molecular flexibility index (Phi) is 9.05. The van der Waals surface area contributed by atoms with E-state index in [4.69, 9.17) is 0 Å². The molecule has 2 aromatic carbocycles. The molecule has 2 heterocycles. The zero-order valence-electron chi connectivity index (χ0n) is 20.1. The fraction of sp³-hybridized carbons (Fsp3) is 0.310. The number of pyridine rings is 1. The molecule has 4 rings (SSSR count). The van der Waals surface area contributed by atoms with Gasteiger partial charge >= 0.3 is 0 Å². The molecule has 1 aliphatic heterocycles. The fourth-order valence-corrected chi connectivity index (χ4v) is 7.60. The Labute approximate surface area is 208 Å². The molecule has 0 bridgehead atoms. The summed E-state index contributed by atoms with van der Waals surface area (Å²) in [6.07, 6.45) is 12.1. The van der Waals surface area contributed by atoms with Crippen molar-refractivity contribution in [2.45, 2.75) is 32.1 Å². The van der Waals surface area contributed by atoms with E-state index >= 15 is 0 Å². The van der Waals surface area contributed by atoms with Crippen LogP contribution >= 0.6 is 7.29 Å². The van der Waals surface area contributed by atoms with Crippen molar-refractivity contribution in [1.82, 2.24) is 15.0 Å². The predicted octanol–water partition coefficient (Wildman–Crippen LogP) is 5.02. The van der Waals surface area contributed by atoms with E-state index in [1.165, 1.54) is 0 Å². The molecule has 0 saturated carbocycles. The van der Waals surface area contributed by atoms with Crippen LogP contribution in [-0.4, -0.2) is 35.2 Å². The number of rotatable bonds is 10. The highest BCUT2D eigenvalue weighted by Crippen LogP contribution is 2.49. The summed E-state index contributed by atoms with van der Waals surface area (Å²) >= 11 is 0. The van der Waals surface area contributed by atoms with Gasteiger partial charge in [-0.05, 0) is 67.2 Å². The number of carbonyl (C=O) groups excluding carboxylic acids is 1. The van der Waals surface area contributed by atoms with Crippen LogP contribution in [0.1, 0.15) is 37.7 Å². The van der Waals surface area contributed by atoms with Gasteiger partial charge in [0, 0.05) is 48.7 Å². The Morgan fingerprint density at radius 1 is 0.943 bits per heavy atom. The number of nitrogens with zero attached hydrogens (tertiary/aromatic N) is 2. The van der Waals surface area contributed by atoms with Crippen LogP contribution in [0.4, 0.5) is 0 Å². The number of benzene rings is 2. The largest absolute Gasteiger partial charge is 0.353 e. The molecule has 0 atom stereocenters. The van der Waals surface area contributed by atoms with Gasteiger partial charge < -0.3 is 5.32 Å². The maximum absolute atomic E-state index is 14.5. The van der Waals surface area contributed by atoms with Crippen LogP contribution in [0.3, 0.4) is 0 Å². The summed E-state index contributed by atoms with van der Waals surface area (Å²) in [4.78, 5) is 16.0. The van der Waals surface area contributed by atoms with E-state index in [0.717, 1.165) is 61.4 Å². The van der Waals surface area contributed by atoms with Gasteiger partial charge in [-0.25, -0.2) is 4.67 Å². The number of carbonyl (C=O) groups is 1. The molecule has 3 aromatic rings. The lowest BCUT2D eigenvalue weighted by Gasteiger charge is -2.38. The molecule has 1 aliphatic rings. The van der Waals surface area contributed by atoms with Crippen molar-refractivity contribution >= 4 is 29.9 Å². The first-order valence-corrected chi connectivity index (χ1v) is 14.1. The minimum absolute atomic E-state index is 0.0697. The summed E-state index contributed by atoms with van der Waals surface area (Å²) in [5.41, 5.74) is 0.915. The molecule has 35 heavy (non-hydrogen) atoms. The second-order valence-electron chi connectivity index (χ2n) is 9.05. The summed E-state index contributed by atoms with van der Waals surface area (Å²) in [7, 11) is -2.83.